The number of imidazole rings is 1. The van der Waals surface area contributed by atoms with Crippen LogP contribution in [-0.4, -0.2) is 35.7 Å². The minimum atomic E-state index is -0.0920. The molecule has 6 nitrogen and oxygen atoms in total. The van der Waals surface area contributed by atoms with Crippen LogP contribution in [0.25, 0.3) is 11.0 Å². The van der Waals surface area contributed by atoms with Crippen molar-refractivity contribution in [3.8, 4) is 11.5 Å². The van der Waals surface area contributed by atoms with E-state index < -0.39 is 0 Å². The highest BCUT2D eigenvalue weighted by Gasteiger charge is 2.12. The van der Waals surface area contributed by atoms with Crippen LogP contribution < -0.4 is 14.8 Å². The van der Waals surface area contributed by atoms with Crippen molar-refractivity contribution in [2.75, 3.05) is 20.3 Å². The number of carbonyl (C=O) groups is 1. The number of rotatable bonds is 10. The molecule has 3 aromatic carbocycles. The third-order valence-corrected chi connectivity index (χ3v) is 5.78. The van der Waals surface area contributed by atoms with Gasteiger partial charge in [0.2, 0.25) is 0 Å². The number of para-hydroxylation sites is 2. The summed E-state index contributed by atoms with van der Waals surface area (Å²) >= 11 is 3.41. The molecular weight excluding hydrogens is 482 g/mol. The monoisotopic (exact) mass is 507 g/mol. The minimum Gasteiger partial charge on any atom is -0.497 e. The Morgan fingerprint density at radius 2 is 1.85 bits per heavy atom. The zero-order valence-corrected chi connectivity index (χ0v) is 20.0. The number of aromatic nitrogens is 2. The number of methoxy groups -OCH3 is 1. The maximum absolute atomic E-state index is 12.5. The highest BCUT2D eigenvalue weighted by atomic mass is 79.9. The van der Waals surface area contributed by atoms with Crippen molar-refractivity contribution in [1.82, 2.24) is 14.9 Å². The number of nitrogens with one attached hydrogen (secondary N) is 1. The number of hydrogen-bond acceptors (Lipinski definition) is 4. The van der Waals surface area contributed by atoms with Crippen molar-refractivity contribution in [1.29, 1.82) is 0 Å². The quantitative estimate of drug-likeness (QED) is 0.297. The van der Waals surface area contributed by atoms with Crippen LogP contribution in [0.3, 0.4) is 0 Å². The lowest BCUT2D eigenvalue weighted by Crippen LogP contribution is -2.26. The van der Waals surface area contributed by atoms with Crippen LogP contribution in [0.4, 0.5) is 0 Å². The summed E-state index contributed by atoms with van der Waals surface area (Å²) in [6.07, 6.45) is 1.47. The van der Waals surface area contributed by atoms with Gasteiger partial charge in [-0.2, -0.15) is 0 Å². The number of nitrogens with zero attached hydrogens (tertiary/aromatic N) is 2. The van der Waals surface area contributed by atoms with Gasteiger partial charge in [0.1, 0.15) is 17.3 Å². The molecule has 170 valence electrons. The molecule has 0 spiro atoms. The number of aryl methyl sites for hydroxylation is 1. The van der Waals surface area contributed by atoms with E-state index in [0.717, 1.165) is 45.8 Å². The van der Waals surface area contributed by atoms with Gasteiger partial charge in [0.15, 0.2) is 0 Å². The molecule has 0 saturated carbocycles. The summed E-state index contributed by atoms with van der Waals surface area (Å²) in [4.78, 5) is 17.3. The van der Waals surface area contributed by atoms with Crippen LogP contribution in [-0.2, 0) is 13.0 Å². The topological polar surface area (TPSA) is 65.4 Å². The van der Waals surface area contributed by atoms with Gasteiger partial charge in [-0.1, -0.05) is 40.2 Å². The SMILES string of the molecule is COc1cccc(OCCCn2c(CCNC(=O)c3cccc(Br)c3)nc3ccccc32)c1. The van der Waals surface area contributed by atoms with Crippen molar-refractivity contribution >= 4 is 32.9 Å². The fraction of sp³-hybridized carbons (Fsp3) is 0.231. The Morgan fingerprint density at radius 1 is 1.03 bits per heavy atom. The standard InChI is InChI=1S/C26H26BrN3O3/c1-32-21-9-5-10-22(18-21)33-16-6-15-30-24-12-3-2-11-23(24)29-25(30)13-14-28-26(31)19-7-4-8-20(27)17-19/h2-5,7-12,17-18H,6,13-16H2,1H3,(H,28,31). The Hall–Kier alpha value is -3.32. The van der Waals surface area contributed by atoms with Gasteiger partial charge in [0.05, 0.1) is 24.8 Å². The molecule has 1 N–H and O–H groups in total. The zero-order valence-electron chi connectivity index (χ0n) is 18.5. The first-order chi connectivity index (χ1) is 16.1. The predicted octanol–water partition coefficient (Wildman–Crippen LogP) is 5.25. The average molecular weight is 508 g/mol. The van der Waals surface area contributed by atoms with Crippen LogP contribution in [0.15, 0.2) is 77.3 Å². The highest BCUT2D eigenvalue weighted by molar-refractivity contribution is 9.10. The summed E-state index contributed by atoms with van der Waals surface area (Å²) in [5.41, 5.74) is 2.68. The summed E-state index contributed by atoms with van der Waals surface area (Å²) in [7, 11) is 1.64. The molecule has 0 unspecified atom stereocenters. The van der Waals surface area contributed by atoms with Crippen molar-refractivity contribution in [2.24, 2.45) is 0 Å². The molecule has 1 heterocycles. The van der Waals surface area contributed by atoms with Crippen molar-refractivity contribution < 1.29 is 14.3 Å². The van der Waals surface area contributed by atoms with Gasteiger partial charge >= 0.3 is 0 Å². The van der Waals surface area contributed by atoms with Crippen LogP contribution in [0.5, 0.6) is 11.5 Å². The maximum Gasteiger partial charge on any atom is 0.251 e. The average Bonchev–Trinajstić information content (AvgIpc) is 3.19. The second-order valence-electron chi connectivity index (χ2n) is 7.57. The molecule has 4 rings (SSSR count). The number of benzene rings is 3. The first kappa shape index (κ1) is 22.9. The van der Waals surface area contributed by atoms with Gasteiger partial charge in [-0.25, -0.2) is 4.98 Å². The van der Waals surface area contributed by atoms with Crippen molar-refractivity contribution in [3.63, 3.8) is 0 Å². The van der Waals surface area contributed by atoms with E-state index in [-0.39, 0.29) is 5.91 Å². The van der Waals surface area contributed by atoms with Crippen molar-refractivity contribution in [2.45, 2.75) is 19.4 Å². The Bertz CT molecular complexity index is 1240. The van der Waals surface area contributed by atoms with E-state index in [9.17, 15) is 4.79 Å². The first-order valence-corrected chi connectivity index (χ1v) is 11.7. The van der Waals surface area contributed by atoms with Crippen LogP contribution >= 0.6 is 15.9 Å². The van der Waals surface area contributed by atoms with E-state index in [4.69, 9.17) is 14.5 Å². The lowest BCUT2D eigenvalue weighted by Gasteiger charge is -2.11. The molecule has 7 heteroatoms. The van der Waals surface area contributed by atoms with Crippen LogP contribution in [0.1, 0.15) is 22.6 Å². The molecule has 4 aromatic rings. The van der Waals surface area contributed by atoms with E-state index in [1.807, 2.05) is 60.7 Å². The first-order valence-electron chi connectivity index (χ1n) is 10.9. The highest BCUT2D eigenvalue weighted by Crippen LogP contribution is 2.20. The Kier molecular flexibility index (Phi) is 7.62. The van der Waals surface area contributed by atoms with E-state index >= 15 is 0 Å². The van der Waals surface area contributed by atoms with E-state index in [0.29, 0.717) is 25.1 Å². The molecule has 1 aromatic heterocycles. The number of amides is 1. The third kappa shape index (κ3) is 5.93. The molecule has 33 heavy (non-hydrogen) atoms. The molecule has 0 saturated heterocycles. The predicted molar refractivity (Wildman–Crippen MR) is 133 cm³/mol. The summed E-state index contributed by atoms with van der Waals surface area (Å²) in [6, 6.07) is 23.1. The van der Waals surface area contributed by atoms with E-state index in [2.05, 4.69) is 31.9 Å². The lowest BCUT2D eigenvalue weighted by molar-refractivity contribution is 0.0954. The fourth-order valence-electron chi connectivity index (χ4n) is 3.69. The zero-order chi connectivity index (χ0) is 23.0. The molecule has 0 fully saturated rings. The van der Waals surface area contributed by atoms with Gasteiger partial charge in [0, 0.05) is 35.6 Å². The van der Waals surface area contributed by atoms with Gasteiger partial charge in [-0.05, 0) is 48.9 Å². The number of fused-ring (bicyclic) bond motifs is 1. The van der Waals surface area contributed by atoms with Crippen LogP contribution in [0, 0.1) is 0 Å². The summed E-state index contributed by atoms with van der Waals surface area (Å²) in [5, 5.41) is 3.00. The fourth-order valence-corrected chi connectivity index (χ4v) is 4.09. The second-order valence-corrected chi connectivity index (χ2v) is 8.48. The van der Waals surface area contributed by atoms with E-state index in [1.165, 1.54) is 0 Å². The third-order valence-electron chi connectivity index (χ3n) is 5.29. The van der Waals surface area contributed by atoms with Crippen molar-refractivity contribution in [3.05, 3.63) is 88.7 Å². The molecule has 0 aliphatic heterocycles. The van der Waals surface area contributed by atoms with Gasteiger partial charge in [-0.3, -0.25) is 4.79 Å². The minimum absolute atomic E-state index is 0.0920. The lowest BCUT2D eigenvalue weighted by atomic mass is 10.2. The molecular formula is C26H26BrN3O3. The van der Waals surface area contributed by atoms with Crippen LogP contribution in [0.2, 0.25) is 0 Å². The number of carbonyl (C=O) groups excluding carboxylic acids is 1. The molecule has 0 atom stereocenters. The molecule has 0 aliphatic rings. The number of ether oxygens (including phenoxy) is 2. The Morgan fingerprint density at radius 3 is 2.70 bits per heavy atom. The number of halogens is 1. The normalized spacial score (nSPS) is 10.8. The van der Waals surface area contributed by atoms with E-state index in [1.54, 1.807) is 13.2 Å². The van der Waals surface area contributed by atoms with Gasteiger partial charge < -0.3 is 19.4 Å². The molecule has 0 bridgehead atoms. The van der Waals surface area contributed by atoms with Gasteiger partial charge in [0.25, 0.3) is 5.91 Å². The van der Waals surface area contributed by atoms with Gasteiger partial charge in [-0.15, -0.1) is 0 Å². The molecule has 0 radical (unpaired) electrons. The number of hydrogen-bond donors (Lipinski definition) is 1. The summed E-state index contributed by atoms with van der Waals surface area (Å²) in [5.74, 6) is 2.43. The second kappa shape index (κ2) is 11.0. The Labute approximate surface area is 201 Å². The maximum atomic E-state index is 12.5. The largest absolute Gasteiger partial charge is 0.497 e. The molecule has 0 aliphatic carbocycles. The smallest absolute Gasteiger partial charge is 0.251 e. The Balaban J connectivity index is 1.37. The summed E-state index contributed by atoms with van der Waals surface area (Å²) < 4.78 is 14.2. The summed E-state index contributed by atoms with van der Waals surface area (Å²) in [6.45, 7) is 1.87. The molecule has 1 amide bonds.